The van der Waals surface area contributed by atoms with Gasteiger partial charge in [-0.3, -0.25) is 4.79 Å². The molecular formula is C20H31N3O2. The molecule has 3 rings (SSSR count). The number of anilines is 2. The Bertz CT molecular complexity index is 622. The van der Waals surface area contributed by atoms with E-state index < -0.39 is 0 Å². The third-order valence-corrected chi connectivity index (χ3v) is 5.64. The van der Waals surface area contributed by atoms with Gasteiger partial charge in [0.05, 0.1) is 23.4 Å². The summed E-state index contributed by atoms with van der Waals surface area (Å²) in [6.45, 7) is 5.41. The molecule has 0 amide bonds. The largest absolute Gasteiger partial charge is 0.486 e. The predicted octanol–water partition coefficient (Wildman–Crippen LogP) is 3.62. The van der Waals surface area contributed by atoms with Gasteiger partial charge in [-0.1, -0.05) is 32.6 Å². The number of Topliss-reactive ketones (excluding diaryl/α,β-unsaturated/α-hetero) is 1. The maximum atomic E-state index is 12.6. The predicted molar refractivity (Wildman–Crippen MR) is 102 cm³/mol. The van der Waals surface area contributed by atoms with Crippen LogP contribution < -0.4 is 16.2 Å². The number of unbranched alkanes of at least 4 members (excludes halogenated alkanes) is 4. The average Bonchev–Trinajstić information content (AvgIpc) is 2.58. The minimum Gasteiger partial charge on any atom is -0.486 e. The number of ketones is 1. The van der Waals surface area contributed by atoms with Gasteiger partial charge in [0, 0.05) is 32.0 Å². The van der Waals surface area contributed by atoms with Crippen molar-refractivity contribution in [1.82, 2.24) is 4.90 Å². The van der Waals surface area contributed by atoms with Gasteiger partial charge in [0.25, 0.3) is 0 Å². The maximum Gasteiger partial charge on any atom is 0.170 e. The highest BCUT2D eigenvalue weighted by atomic mass is 16.5. The molecule has 0 aliphatic carbocycles. The molecule has 138 valence electrons. The SMILES string of the molecule is CCCCCCCN1CCC2(CC1)CC(=O)c1cc(N)c(N)cc1O2. The standard InChI is InChI=1S/C20H31N3O2/c1-2-3-4-5-6-9-23-10-7-20(8-11-23)14-18(24)15-12-16(21)17(22)13-19(15)25-20/h12-13H,2-11,14,21-22H2,1H3. The monoisotopic (exact) mass is 345 g/mol. The number of nitrogens with zero attached hydrogens (tertiary/aromatic N) is 1. The average molecular weight is 345 g/mol. The van der Waals surface area contributed by atoms with Crippen molar-refractivity contribution < 1.29 is 9.53 Å². The van der Waals surface area contributed by atoms with Crippen molar-refractivity contribution in [1.29, 1.82) is 0 Å². The lowest BCUT2D eigenvalue weighted by Crippen LogP contribution is -2.51. The first kappa shape index (κ1) is 18.1. The van der Waals surface area contributed by atoms with Gasteiger partial charge in [-0.25, -0.2) is 0 Å². The van der Waals surface area contributed by atoms with Crippen LogP contribution in [0.4, 0.5) is 11.4 Å². The first-order valence-electron chi connectivity index (χ1n) is 9.66. The number of hydrogen-bond acceptors (Lipinski definition) is 5. The molecule has 0 unspecified atom stereocenters. The van der Waals surface area contributed by atoms with Crippen LogP contribution in [-0.2, 0) is 0 Å². The van der Waals surface area contributed by atoms with E-state index in [1.807, 2.05) is 0 Å². The summed E-state index contributed by atoms with van der Waals surface area (Å²) in [6.07, 6.45) is 8.81. The van der Waals surface area contributed by atoms with E-state index in [-0.39, 0.29) is 11.4 Å². The fraction of sp³-hybridized carbons (Fsp3) is 0.650. The molecule has 2 aliphatic heterocycles. The maximum absolute atomic E-state index is 12.6. The number of piperidine rings is 1. The summed E-state index contributed by atoms with van der Waals surface area (Å²) in [6, 6.07) is 3.37. The molecule has 1 aromatic carbocycles. The Morgan fingerprint density at radius 1 is 1.08 bits per heavy atom. The highest BCUT2D eigenvalue weighted by molar-refractivity contribution is 6.02. The molecule has 0 bridgehead atoms. The van der Waals surface area contributed by atoms with Crippen LogP contribution in [0, 0.1) is 0 Å². The van der Waals surface area contributed by atoms with Gasteiger partial charge in [0.2, 0.25) is 0 Å². The number of ether oxygens (including phenoxy) is 1. The molecule has 25 heavy (non-hydrogen) atoms. The van der Waals surface area contributed by atoms with Crippen LogP contribution in [0.2, 0.25) is 0 Å². The van der Waals surface area contributed by atoms with E-state index in [1.165, 1.54) is 32.1 Å². The second-order valence-corrected chi connectivity index (χ2v) is 7.62. The third-order valence-electron chi connectivity index (χ3n) is 5.64. The number of carbonyl (C=O) groups is 1. The number of carbonyl (C=O) groups excluding carboxylic acids is 1. The highest BCUT2D eigenvalue weighted by Crippen LogP contribution is 2.41. The van der Waals surface area contributed by atoms with E-state index in [2.05, 4.69) is 11.8 Å². The van der Waals surface area contributed by atoms with Crippen LogP contribution in [0.5, 0.6) is 5.75 Å². The van der Waals surface area contributed by atoms with Gasteiger partial charge in [0.1, 0.15) is 11.4 Å². The zero-order valence-corrected chi connectivity index (χ0v) is 15.4. The number of likely N-dealkylation sites (tertiary alicyclic amines) is 1. The number of rotatable bonds is 6. The van der Waals surface area contributed by atoms with Crippen molar-refractivity contribution in [2.75, 3.05) is 31.1 Å². The fourth-order valence-electron chi connectivity index (χ4n) is 3.97. The Morgan fingerprint density at radius 2 is 1.76 bits per heavy atom. The van der Waals surface area contributed by atoms with E-state index in [4.69, 9.17) is 16.2 Å². The van der Waals surface area contributed by atoms with Crippen molar-refractivity contribution >= 4 is 17.2 Å². The van der Waals surface area contributed by atoms with Crippen LogP contribution in [0.25, 0.3) is 0 Å². The summed E-state index contributed by atoms with van der Waals surface area (Å²) in [5, 5.41) is 0. The zero-order chi connectivity index (χ0) is 17.9. The molecule has 4 N–H and O–H groups in total. The molecule has 0 atom stereocenters. The zero-order valence-electron chi connectivity index (χ0n) is 15.4. The highest BCUT2D eigenvalue weighted by Gasteiger charge is 2.43. The lowest BCUT2D eigenvalue weighted by atomic mass is 9.82. The van der Waals surface area contributed by atoms with E-state index in [0.717, 1.165) is 32.5 Å². The number of fused-ring (bicyclic) bond motifs is 1. The summed E-state index contributed by atoms with van der Waals surface area (Å²) < 4.78 is 6.29. The molecule has 5 heteroatoms. The lowest BCUT2D eigenvalue weighted by Gasteiger charge is -2.44. The Kier molecular flexibility index (Phi) is 5.52. The van der Waals surface area contributed by atoms with Crippen molar-refractivity contribution in [3.05, 3.63) is 17.7 Å². The molecule has 1 fully saturated rings. The van der Waals surface area contributed by atoms with Crippen molar-refractivity contribution in [3.8, 4) is 5.75 Å². The summed E-state index contributed by atoms with van der Waals surface area (Å²) in [4.78, 5) is 15.1. The number of nitrogens with two attached hydrogens (primary N) is 2. The molecule has 2 heterocycles. The Hall–Kier alpha value is -1.75. The molecule has 2 aliphatic rings. The van der Waals surface area contributed by atoms with Crippen LogP contribution in [0.15, 0.2) is 12.1 Å². The second-order valence-electron chi connectivity index (χ2n) is 7.62. The molecule has 1 aromatic rings. The summed E-state index contributed by atoms with van der Waals surface area (Å²) in [5.74, 6) is 0.733. The summed E-state index contributed by atoms with van der Waals surface area (Å²) in [7, 11) is 0. The molecule has 5 nitrogen and oxygen atoms in total. The van der Waals surface area contributed by atoms with E-state index >= 15 is 0 Å². The van der Waals surface area contributed by atoms with Gasteiger partial charge < -0.3 is 21.1 Å². The second kappa shape index (κ2) is 7.65. The first-order chi connectivity index (χ1) is 12.0. The van der Waals surface area contributed by atoms with E-state index in [0.29, 0.717) is 29.1 Å². The Balaban J connectivity index is 1.56. The van der Waals surface area contributed by atoms with Gasteiger partial charge in [-0.05, 0) is 19.0 Å². The Morgan fingerprint density at radius 3 is 2.48 bits per heavy atom. The number of hydrogen-bond donors (Lipinski definition) is 2. The summed E-state index contributed by atoms with van der Waals surface area (Å²) >= 11 is 0. The molecule has 0 radical (unpaired) electrons. The molecular weight excluding hydrogens is 314 g/mol. The van der Waals surface area contributed by atoms with Crippen LogP contribution in [0.1, 0.15) is 68.6 Å². The molecule has 0 saturated carbocycles. The normalized spacial score (nSPS) is 19.6. The van der Waals surface area contributed by atoms with E-state index in [9.17, 15) is 4.79 Å². The van der Waals surface area contributed by atoms with Crippen LogP contribution >= 0.6 is 0 Å². The van der Waals surface area contributed by atoms with Gasteiger partial charge in [0.15, 0.2) is 5.78 Å². The number of nitrogen functional groups attached to an aromatic ring is 2. The van der Waals surface area contributed by atoms with Crippen molar-refractivity contribution in [2.45, 2.75) is 63.9 Å². The van der Waals surface area contributed by atoms with Crippen molar-refractivity contribution in [3.63, 3.8) is 0 Å². The minimum atomic E-state index is -0.356. The van der Waals surface area contributed by atoms with Gasteiger partial charge >= 0.3 is 0 Å². The molecule has 1 saturated heterocycles. The topological polar surface area (TPSA) is 81.6 Å². The third kappa shape index (κ3) is 4.09. The smallest absolute Gasteiger partial charge is 0.170 e. The first-order valence-corrected chi connectivity index (χ1v) is 9.66. The van der Waals surface area contributed by atoms with Crippen molar-refractivity contribution in [2.24, 2.45) is 0 Å². The van der Waals surface area contributed by atoms with E-state index in [1.54, 1.807) is 12.1 Å². The fourth-order valence-corrected chi connectivity index (χ4v) is 3.97. The lowest BCUT2D eigenvalue weighted by molar-refractivity contribution is -0.00913. The van der Waals surface area contributed by atoms with Gasteiger partial charge in [-0.2, -0.15) is 0 Å². The molecule has 0 aromatic heterocycles. The number of benzene rings is 1. The van der Waals surface area contributed by atoms with Crippen LogP contribution in [-0.4, -0.2) is 35.9 Å². The quantitative estimate of drug-likeness (QED) is 0.608. The molecule has 1 spiro atoms. The minimum absolute atomic E-state index is 0.126. The van der Waals surface area contributed by atoms with Crippen LogP contribution in [0.3, 0.4) is 0 Å². The summed E-state index contributed by atoms with van der Waals surface area (Å²) in [5.41, 5.74) is 12.9. The van der Waals surface area contributed by atoms with Gasteiger partial charge in [-0.15, -0.1) is 0 Å². The Labute approximate surface area is 150 Å².